The topological polar surface area (TPSA) is 67.4 Å². The molecule has 2 N–H and O–H groups in total. The lowest BCUT2D eigenvalue weighted by atomic mass is 10.1. The average Bonchev–Trinajstić information content (AvgIpc) is 2.18. The Kier molecular flexibility index (Phi) is 5.93. The summed E-state index contributed by atoms with van der Waals surface area (Å²) in [7, 11) is 1.71. The maximum absolute atomic E-state index is 11.5. The third-order valence-corrected chi connectivity index (χ3v) is 2.11. The van der Waals surface area contributed by atoms with Crippen LogP contribution in [0.1, 0.15) is 27.2 Å². The smallest absolute Gasteiger partial charge is 0.307 e. The number of carbonyl (C=O) groups excluding carboxylic acids is 2. The number of carbonyl (C=O) groups is 2. The van der Waals surface area contributed by atoms with E-state index in [0.29, 0.717) is 13.2 Å². The van der Waals surface area contributed by atoms with E-state index in [0.717, 1.165) is 0 Å². The van der Waals surface area contributed by atoms with Crippen LogP contribution in [0.4, 0.5) is 0 Å². The molecule has 0 aromatic rings. The van der Waals surface area contributed by atoms with Crippen LogP contribution in [0.3, 0.4) is 0 Å². The highest BCUT2D eigenvalue weighted by atomic mass is 16.5. The third kappa shape index (κ3) is 5.37. The normalized spacial score (nSPS) is 10.9. The molecule has 0 aliphatic carbocycles. The molecule has 15 heavy (non-hydrogen) atoms. The van der Waals surface area contributed by atoms with Crippen molar-refractivity contribution in [3.63, 3.8) is 0 Å². The van der Waals surface area contributed by atoms with Gasteiger partial charge in [-0.25, -0.2) is 0 Å². The summed E-state index contributed by atoms with van der Waals surface area (Å²) in [5.74, 6) is -0.422. The van der Waals surface area contributed by atoms with Gasteiger partial charge >= 0.3 is 5.97 Å². The van der Waals surface area contributed by atoms with Gasteiger partial charge < -0.3 is 15.4 Å². The van der Waals surface area contributed by atoms with Gasteiger partial charge in [0.15, 0.2) is 0 Å². The van der Waals surface area contributed by atoms with Crippen LogP contribution in [0, 0.1) is 0 Å². The summed E-state index contributed by atoms with van der Waals surface area (Å²) in [4.78, 5) is 22.5. The average molecular weight is 216 g/mol. The maximum atomic E-state index is 11.5. The van der Waals surface area contributed by atoms with Crippen molar-refractivity contribution in [3.8, 4) is 0 Å². The van der Waals surface area contributed by atoms with Crippen LogP contribution in [0.15, 0.2) is 0 Å². The Morgan fingerprint density at radius 2 is 1.93 bits per heavy atom. The van der Waals surface area contributed by atoms with Crippen LogP contribution in [0.5, 0.6) is 0 Å². The summed E-state index contributed by atoms with van der Waals surface area (Å²) < 4.78 is 4.73. The van der Waals surface area contributed by atoms with E-state index in [1.54, 1.807) is 27.8 Å². The van der Waals surface area contributed by atoms with Crippen LogP contribution >= 0.6 is 0 Å². The molecule has 0 unspecified atom stereocenters. The van der Waals surface area contributed by atoms with E-state index in [1.807, 2.05) is 0 Å². The van der Waals surface area contributed by atoms with Crippen molar-refractivity contribution in [2.24, 2.45) is 0 Å². The van der Waals surface area contributed by atoms with E-state index in [1.165, 1.54) is 0 Å². The van der Waals surface area contributed by atoms with Crippen molar-refractivity contribution in [2.45, 2.75) is 32.7 Å². The second kappa shape index (κ2) is 6.40. The third-order valence-electron chi connectivity index (χ3n) is 2.11. The van der Waals surface area contributed by atoms with Crippen molar-refractivity contribution in [1.82, 2.24) is 10.6 Å². The predicted octanol–water partition coefficient (Wildman–Crippen LogP) is 0.0538. The highest BCUT2D eigenvalue weighted by Crippen LogP contribution is 1.99. The van der Waals surface area contributed by atoms with Crippen LogP contribution in [-0.2, 0) is 14.3 Å². The second-order valence-corrected chi connectivity index (χ2v) is 3.69. The zero-order chi connectivity index (χ0) is 11.9. The molecule has 0 spiro atoms. The first-order chi connectivity index (χ1) is 6.94. The van der Waals surface area contributed by atoms with Crippen molar-refractivity contribution >= 4 is 11.9 Å². The number of esters is 1. The molecule has 1 amide bonds. The molecule has 0 saturated carbocycles. The molecule has 0 aromatic carbocycles. The SMILES string of the molecule is CCOC(=O)CCNC(=O)C(C)(C)NC. The van der Waals surface area contributed by atoms with Gasteiger partial charge in [0.1, 0.15) is 0 Å². The number of amides is 1. The Balaban J connectivity index is 3.78. The Morgan fingerprint density at radius 3 is 2.40 bits per heavy atom. The molecular formula is C10H20N2O3. The summed E-state index contributed by atoms with van der Waals surface area (Å²) in [6, 6.07) is 0. The maximum Gasteiger partial charge on any atom is 0.307 e. The van der Waals surface area contributed by atoms with Gasteiger partial charge in [0.25, 0.3) is 0 Å². The number of hydrogen-bond acceptors (Lipinski definition) is 4. The van der Waals surface area contributed by atoms with Crippen LogP contribution in [0.2, 0.25) is 0 Å². The second-order valence-electron chi connectivity index (χ2n) is 3.69. The molecule has 0 atom stereocenters. The Morgan fingerprint density at radius 1 is 1.33 bits per heavy atom. The van der Waals surface area contributed by atoms with Gasteiger partial charge in [-0.2, -0.15) is 0 Å². The molecular weight excluding hydrogens is 196 g/mol. The molecule has 0 heterocycles. The summed E-state index contributed by atoms with van der Waals surface area (Å²) in [5, 5.41) is 5.54. The van der Waals surface area contributed by atoms with Gasteiger partial charge in [0.05, 0.1) is 18.6 Å². The van der Waals surface area contributed by atoms with Crippen LogP contribution in [0.25, 0.3) is 0 Å². The molecule has 0 rings (SSSR count). The number of likely N-dealkylation sites (N-methyl/N-ethyl adjacent to an activating group) is 1. The minimum atomic E-state index is -0.616. The summed E-state index contributed by atoms with van der Waals surface area (Å²) in [5.41, 5.74) is -0.616. The van der Waals surface area contributed by atoms with Gasteiger partial charge in [-0.15, -0.1) is 0 Å². The number of nitrogens with one attached hydrogen (secondary N) is 2. The number of rotatable bonds is 6. The molecule has 88 valence electrons. The van der Waals surface area contributed by atoms with Crippen LogP contribution in [-0.4, -0.2) is 37.6 Å². The largest absolute Gasteiger partial charge is 0.466 e. The summed E-state index contributed by atoms with van der Waals surface area (Å²) in [6.07, 6.45) is 0.208. The lowest BCUT2D eigenvalue weighted by molar-refractivity contribution is -0.143. The summed E-state index contributed by atoms with van der Waals surface area (Å²) >= 11 is 0. The first-order valence-electron chi connectivity index (χ1n) is 5.07. The minimum absolute atomic E-state index is 0.130. The van der Waals surface area contributed by atoms with Gasteiger partial charge in [0.2, 0.25) is 5.91 Å². The molecule has 5 heteroatoms. The predicted molar refractivity (Wildman–Crippen MR) is 57.4 cm³/mol. The lowest BCUT2D eigenvalue weighted by Gasteiger charge is -2.22. The first kappa shape index (κ1) is 13.9. The number of hydrogen-bond donors (Lipinski definition) is 2. The Labute approximate surface area is 90.6 Å². The van der Waals surface area contributed by atoms with Crippen molar-refractivity contribution in [1.29, 1.82) is 0 Å². The Bertz CT molecular complexity index is 227. The van der Waals surface area contributed by atoms with Gasteiger partial charge in [-0.05, 0) is 27.8 Å². The van der Waals surface area contributed by atoms with Crippen molar-refractivity contribution in [2.75, 3.05) is 20.2 Å². The number of ether oxygens (including phenoxy) is 1. The highest BCUT2D eigenvalue weighted by Gasteiger charge is 2.24. The fourth-order valence-corrected chi connectivity index (χ4v) is 0.846. The molecule has 5 nitrogen and oxygen atoms in total. The van der Waals surface area contributed by atoms with Crippen molar-refractivity contribution < 1.29 is 14.3 Å². The molecule has 0 radical (unpaired) electrons. The zero-order valence-electron chi connectivity index (χ0n) is 9.85. The first-order valence-corrected chi connectivity index (χ1v) is 5.07. The lowest BCUT2D eigenvalue weighted by Crippen LogP contribution is -2.51. The van der Waals surface area contributed by atoms with Gasteiger partial charge in [-0.1, -0.05) is 0 Å². The monoisotopic (exact) mass is 216 g/mol. The molecule has 0 aliphatic rings. The van der Waals surface area contributed by atoms with Gasteiger partial charge in [0, 0.05) is 6.54 Å². The quantitative estimate of drug-likeness (QED) is 0.616. The van der Waals surface area contributed by atoms with Crippen molar-refractivity contribution in [3.05, 3.63) is 0 Å². The van der Waals surface area contributed by atoms with E-state index in [2.05, 4.69) is 10.6 Å². The van der Waals surface area contributed by atoms with E-state index in [9.17, 15) is 9.59 Å². The van der Waals surface area contributed by atoms with Gasteiger partial charge in [-0.3, -0.25) is 9.59 Å². The molecule has 0 saturated heterocycles. The fourth-order valence-electron chi connectivity index (χ4n) is 0.846. The Hall–Kier alpha value is -1.10. The van der Waals surface area contributed by atoms with E-state index < -0.39 is 5.54 Å². The fraction of sp³-hybridized carbons (Fsp3) is 0.800. The molecule has 0 bridgehead atoms. The minimum Gasteiger partial charge on any atom is -0.466 e. The van der Waals surface area contributed by atoms with E-state index >= 15 is 0 Å². The van der Waals surface area contributed by atoms with E-state index in [-0.39, 0.29) is 18.3 Å². The molecule has 0 fully saturated rings. The van der Waals surface area contributed by atoms with Crippen LogP contribution < -0.4 is 10.6 Å². The zero-order valence-corrected chi connectivity index (χ0v) is 9.85. The standard InChI is InChI=1S/C10H20N2O3/c1-5-15-8(13)6-7-12-9(14)10(2,3)11-4/h11H,5-7H2,1-4H3,(H,12,14). The van der Waals surface area contributed by atoms with E-state index in [4.69, 9.17) is 4.74 Å². The highest BCUT2D eigenvalue weighted by molar-refractivity contribution is 5.85. The summed E-state index contributed by atoms with van der Waals surface area (Å²) in [6.45, 7) is 5.97. The molecule has 0 aliphatic heterocycles. The molecule has 0 aromatic heterocycles.